The number of benzene rings is 1. The molecule has 0 aromatic heterocycles. The van der Waals surface area contributed by atoms with Gasteiger partial charge in [0.25, 0.3) is 0 Å². The summed E-state index contributed by atoms with van der Waals surface area (Å²) in [5, 5.41) is 4.02. The van der Waals surface area contributed by atoms with Gasteiger partial charge in [-0.15, -0.1) is 0 Å². The summed E-state index contributed by atoms with van der Waals surface area (Å²) in [5.41, 5.74) is 0.861. The molecule has 2 unspecified atom stereocenters. The van der Waals surface area contributed by atoms with Gasteiger partial charge in [-0.2, -0.15) is 11.8 Å². The van der Waals surface area contributed by atoms with Crippen molar-refractivity contribution in [3.63, 3.8) is 0 Å². The van der Waals surface area contributed by atoms with Crippen molar-refractivity contribution in [2.45, 2.75) is 31.1 Å². The Labute approximate surface area is 108 Å². The zero-order valence-electron chi connectivity index (χ0n) is 9.17. The normalized spacial score (nSPS) is 25.4. The fourth-order valence-electron chi connectivity index (χ4n) is 1.92. The van der Waals surface area contributed by atoms with Gasteiger partial charge in [0.05, 0.1) is 5.69 Å². The number of nitrogens with one attached hydrogen (secondary N) is 1. The summed E-state index contributed by atoms with van der Waals surface area (Å²) < 4.78 is 14.1. The van der Waals surface area contributed by atoms with Crippen molar-refractivity contribution in [2.24, 2.45) is 0 Å². The first kappa shape index (κ1) is 12.2. The highest BCUT2D eigenvalue weighted by atomic mass is 79.9. The van der Waals surface area contributed by atoms with Crippen LogP contribution in [0.5, 0.6) is 0 Å². The van der Waals surface area contributed by atoms with Crippen molar-refractivity contribution in [1.82, 2.24) is 0 Å². The summed E-state index contributed by atoms with van der Waals surface area (Å²) in [7, 11) is 0. The predicted octanol–water partition coefficient (Wildman–Crippen LogP) is 4.28. The van der Waals surface area contributed by atoms with Crippen LogP contribution in [0.3, 0.4) is 0 Å². The highest BCUT2D eigenvalue weighted by Crippen LogP contribution is 2.30. The molecule has 88 valence electrons. The molecule has 0 spiro atoms. The van der Waals surface area contributed by atoms with E-state index in [-0.39, 0.29) is 5.82 Å². The van der Waals surface area contributed by atoms with E-state index >= 15 is 0 Å². The summed E-state index contributed by atoms with van der Waals surface area (Å²) in [6.45, 7) is 2.23. The van der Waals surface area contributed by atoms with E-state index in [9.17, 15) is 4.39 Å². The Kier molecular flexibility index (Phi) is 4.14. The van der Waals surface area contributed by atoms with Crippen molar-refractivity contribution in [1.29, 1.82) is 0 Å². The summed E-state index contributed by atoms with van der Waals surface area (Å²) in [6.07, 6.45) is 2.40. The third-order valence-electron chi connectivity index (χ3n) is 2.88. The quantitative estimate of drug-likeness (QED) is 0.875. The van der Waals surface area contributed by atoms with Crippen LogP contribution in [0.4, 0.5) is 10.1 Å². The first-order valence-corrected chi connectivity index (χ1v) is 7.34. The molecule has 1 nitrogen and oxygen atoms in total. The van der Waals surface area contributed by atoms with E-state index in [1.54, 1.807) is 12.1 Å². The second-order valence-corrected chi connectivity index (χ2v) is 6.43. The molecule has 1 heterocycles. The first-order chi connectivity index (χ1) is 7.66. The monoisotopic (exact) mass is 303 g/mol. The van der Waals surface area contributed by atoms with Crippen LogP contribution in [-0.4, -0.2) is 17.0 Å². The highest BCUT2D eigenvalue weighted by molar-refractivity contribution is 9.10. The Balaban J connectivity index is 2.10. The topological polar surface area (TPSA) is 12.0 Å². The Morgan fingerprint density at radius 2 is 2.31 bits per heavy atom. The van der Waals surface area contributed by atoms with Gasteiger partial charge in [0.2, 0.25) is 0 Å². The highest BCUT2D eigenvalue weighted by Gasteiger charge is 2.22. The van der Waals surface area contributed by atoms with E-state index < -0.39 is 0 Å². The van der Waals surface area contributed by atoms with Gasteiger partial charge in [0.1, 0.15) is 5.82 Å². The maximum absolute atomic E-state index is 13.1. The SMILES string of the molecule is CC1SCCCC1Nc1cc(F)ccc1Br. The molecule has 2 atom stereocenters. The molecule has 0 bridgehead atoms. The van der Waals surface area contributed by atoms with Crippen molar-refractivity contribution < 1.29 is 4.39 Å². The number of hydrogen-bond acceptors (Lipinski definition) is 2. The molecule has 1 aromatic carbocycles. The first-order valence-electron chi connectivity index (χ1n) is 5.50. The lowest BCUT2D eigenvalue weighted by atomic mass is 10.1. The fourth-order valence-corrected chi connectivity index (χ4v) is 3.42. The van der Waals surface area contributed by atoms with E-state index in [4.69, 9.17) is 0 Å². The molecule has 1 aliphatic rings. The molecular weight excluding hydrogens is 289 g/mol. The zero-order valence-corrected chi connectivity index (χ0v) is 11.6. The smallest absolute Gasteiger partial charge is 0.125 e. The molecule has 0 aliphatic carbocycles. The van der Waals surface area contributed by atoms with Crippen LogP contribution < -0.4 is 5.32 Å². The predicted molar refractivity (Wildman–Crippen MR) is 72.7 cm³/mol. The van der Waals surface area contributed by atoms with Gasteiger partial charge in [-0.1, -0.05) is 6.92 Å². The van der Waals surface area contributed by atoms with Crippen LogP contribution in [-0.2, 0) is 0 Å². The van der Waals surface area contributed by atoms with E-state index in [1.807, 2.05) is 11.8 Å². The molecule has 0 radical (unpaired) electrons. The molecule has 1 aliphatic heterocycles. The average Bonchev–Trinajstić information content (AvgIpc) is 2.27. The Morgan fingerprint density at radius 1 is 1.50 bits per heavy atom. The molecule has 16 heavy (non-hydrogen) atoms. The van der Waals surface area contributed by atoms with Gasteiger partial charge >= 0.3 is 0 Å². The Hall–Kier alpha value is -0.220. The van der Waals surface area contributed by atoms with E-state index in [0.29, 0.717) is 11.3 Å². The standard InChI is InChI=1S/C12H15BrFNS/c1-8-11(3-2-6-16-8)15-12-7-9(14)4-5-10(12)13/h4-5,7-8,11,15H,2-3,6H2,1H3. The minimum absolute atomic E-state index is 0.193. The molecule has 2 rings (SSSR count). The van der Waals surface area contributed by atoms with Gasteiger partial charge in [0, 0.05) is 15.8 Å². The third kappa shape index (κ3) is 2.92. The number of thioether (sulfide) groups is 1. The molecule has 0 amide bonds. The van der Waals surface area contributed by atoms with Crippen molar-refractivity contribution in [3.05, 3.63) is 28.5 Å². The zero-order chi connectivity index (χ0) is 11.5. The van der Waals surface area contributed by atoms with Crippen LogP contribution in [0.25, 0.3) is 0 Å². The lowest BCUT2D eigenvalue weighted by molar-refractivity contribution is 0.611. The van der Waals surface area contributed by atoms with Crippen LogP contribution >= 0.6 is 27.7 Å². The molecule has 1 N–H and O–H groups in total. The fraction of sp³-hybridized carbons (Fsp3) is 0.500. The van der Waals surface area contributed by atoms with Crippen LogP contribution in [0, 0.1) is 5.82 Å². The molecule has 1 fully saturated rings. The van der Waals surface area contributed by atoms with Crippen LogP contribution in [0.2, 0.25) is 0 Å². The summed E-state index contributed by atoms with van der Waals surface area (Å²) in [6, 6.07) is 5.21. The number of anilines is 1. The lowest BCUT2D eigenvalue weighted by Gasteiger charge is -2.30. The lowest BCUT2D eigenvalue weighted by Crippen LogP contribution is -2.32. The number of halogens is 2. The molecule has 4 heteroatoms. The van der Waals surface area contributed by atoms with E-state index in [2.05, 4.69) is 28.2 Å². The second kappa shape index (κ2) is 5.41. The van der Waals surface area contributed by atoms with Crippen LogP contribution in [0.15, 0.2) is 22.7 Å². The number of hydrogen-bond donors (Lipinski definition) is 1. The Morgan fingerprint density at radius 3 is 3.06 bits per heavy atom. The van der Waals surface area contributed by atoms with Crippen molar-refractivity contribution in [3.8, 4) is 0 Å². The van der Waals surface area contributed by atoms with Gasteiger partial charge in [-0.3, -0.25) is 0 Å². The maximum atomic E-state index is 13.1. The summed E-state index contributed by atoms with van der Waals surface area (Å²) in [5.74, 6) is 1.05. The van der Waals surface area contributed by atoms with E-state index in [0.717, 1.165) is 16.6 Å². The van der Waals surface area contributed by atoms with Gasteiger partial charge < -0.3 is 5.32 Å². The molecule has 0 saturated carbocycles. The Bertz CT molecular complexity index is 372. The summed E-state index contributed by atoms with van der Waals surface area (Å²) >= 11 is 5.43. The van der Waals surface area contributed by atoms with Crippen molar-refractivity contribution >= 4 is 33.4 Å². The van der Waals surface area contributed by atoms with Crippen molar-refractivity contribution in [2.75, 3.05) is 11.1 Å². The molecular formula is C12H15BrFNS. The van der Waals surface area contributed by atoms with Gasteiger partial charge in [-0.05, 0) is 52.7 Å². The maximum Gasteiger partial charge on any atom is 0.125 e. The number of rotatable bonds is 2. The second-order valence-electron chi connectivity index (χ2n) is 4.09. The van der Waals surface area contributed by atoms with Gasteiger partial charge in [-0.25, -0.2) is 4.39 Å². The summed E-state index contributed by atoms with van der Waals surface area (Å²) in [4.78, 5) is 0. The van der Waals surface area contributed by atoms with Crippen LogP contribution in [0.1, 0.15) is 19.8 Å². The minimum atomic E-state index is -0.193. The molecule has 1 saturated heterocycles. The van der Waals surface area contributed by atoms with Gasteiger partial charge in [0.15, 0.2) is 0 Å². The average molecular weight is 304 g/mol. The largest absolute Gasteiger partial charge is 0.380 e. The molecule has 1 aromatic rings. The third-order valence-corrected chi connectivity index (χ3v) is 4.95. The minimum Gasteiger partial charge on any atom is -0.380 e. The van der Waals surface area contributed by atoms with E-state index in [1.165, 1.54) is 18.2 Å².